The third-order valence-corrected chi connectivity index (χ3v) is 12.0. The van der Waals surface area contributed by atoms with Crippen molar-refractivity contribution in [3.8, 4) is 11.1 Å². The number of aryl methyl sites for hydroxylation is 1. The van der Waals surface area contributed by atoms with Gasteiger partial charge >= 0.3 is 0 Å². The molecule has 0 spiro atoms. The summed E-state index contributed by atoms with van der Waals surface area (Å²) < 4.78 is 12.8. The van der Waals surface area contributed by atoms with Gasteiger partial charge in [0.25, 0.3) is 0 Å². The van der Waals surface area contributed by atoms with Crippen molar-refractivity contribution >= 4 is 118 Å². The minimum absolute atomic E-state index is 0.264. The van der Waals surface area contributed by atoms with Crippen LogP contribution in [0.2, 0.25) is 5.02 Å². The molecule has 0 unspecified atom stereocenters. The number of nitrogen functional groups attached to an aromatic ring is 4. The minimum atomic E-state index is -0.311. The summed E-state index contributed by atoms with van der Waals surface area (Å²) in [4.78, 5) is 52.2. The first-order valence-corrected chi connectivity index (χ1v) is 26.0. The highest BCUT2D eigenvalue weighted by molar-refractivity contribution is 7.98. The number of benzene rings is 5. The van der Waals surface area contributed by atoms with Gasteiger partial charge in [0.15, 0.2) is 0 Å². The molecule has 0 bridgehead atoms. The Hall–Kier alpha value is -10.7. The Labute approximate surface area is 486 Å². The predicted octanol–water partition coefficient (Wildman–Crippen LogP) is 10.6. The fraction of sp³-hybridized carbons (Fsp3) is 0.107. The number of hydrogen-bond donors (Lipinski definition) is 8. The Bertz CT molecular complexity index is 3610. The van der Waals surface area contributed by atoms with Gasteiger partial charge in [-0.25, -0.2) is 44.3 Å². The lowest BCUT2D eigenvalue weighted by Gasteiger charge is -2.11. The summed E-state index contributed by atoms with van der Waals surface area (Å²) in [6.45, 7) is 1.96. The van der Waals surface area contributed by atoms with E-state index in [0.29, 0.717) is 73.7 Å². The number of nitrogens with one attached hydrogen (secondary N) is 4. The van der Waals surface area contributed by atoms with Crippen molar-refractivity contribution in [2.24, 2.45) is 20.6 Å². The van der Waals surface area contributed by atoms with E-state index in [9.17, 15) is 4.39 Å². The number of hydrogen-bond acceptors (Lipinski definition) is 25. The summed E-state index contributed by atoms with van der Waals surface area (Å²) in [7, 11) is 5.80. The van der Waals surface area contributed by atoms with Crippen molar-refractivity contribution in [1.29, 1.82) is 0 Å². The number of rotatable bonds is 18. The van der Waals surface area contributed by atoms with Crippen LogP contribution in [0, 0.1) is 12.7 Å². The Balaban J connectivity index is 0.000000178. The lowest BCUT2D eigenvalue weighted by Crippen LogP contribution is -2.05. The lowest BCUT2D eigenvalue weighted by atomic mass is 10.1. The van der Waals surface area contributed by atoms with Crippen LogP contribution in [0.25, 0.3) is 11.1 Å². The van der Waals surface area contributed by atoms with Gasteiger partial charge in [0.1, 0.15) is 106 Å². The maximum atomic E-state index is 12.8. The summed E-state index contributed by atoms with van der Waals surface area (Å²) in [5, 5.41) is 28.0. The molecule has 4 heterocycles. The average molecular weight is 1160 g/mol. The summed E-state index contributed by atoms with van der Waals surface area (Å²) in [5.74, 6) is 3.06. The molecule has 9 rings (SSSR count). The van der Waals surface area contributed by atoms with E-state index in [4.69, 9.17) is 39.4 Å². The van der Waals surface area contributed by atoms with Crippen molar-refractivity contribution in [2.75, 3.05) is 78.9 Å². The molecule has 0 amide bonds. The number of halogens is 2. The summed E-state index contributed by atoms with van der Waals surface area (Å²) in [6.07, 6.45) is 13.4. The largest absolute Gasteiger partial charge is 0.399 e. The molecular formula is C56H58ClFN20O4S. The Kier molecular flexibility index (Phi) is 24.0. The third kappa shape index (κ3) is 19.0. The highest BCUT2D eigenvalue weighted by Crippen LogP contribution is 2.28. The Morgan fingerprint density at radius 2 is 0.807 bits per heavy atom. The van der Waals surface area contributed by atoms with E-state index in [1.807, 2.05) is 98.1 Å². The van der Waals surface area contributed by atoms with Crippen LogP contribution < -0.4 is 44.2 Å². The van der Waals surface area contributed by atoms with Gasteiger partial charge in [-0.15, -0.1) is 11.8 Å². The van der Waals surface area contributed by atoms with Crippen molar-refractivity contribution in [2.45, 2.75) is 11.8 Å². The lowest BCUT2D eigenvalue weighted by molar-refractivity contribution is 0.215. The molecule has 0 fully saturated rings. The number of nitrogens with zero attached hydrogens (tertiary/aromatic N) is 12. The molecule has 0 saturated carbocycles. The van der Waals surface area contributed by atoms with Crippen LogP contribution in [-0.4, -0.2) is 99.4 Å². The molecule has 0 aliphatic carbocycles. The van der Waals surface area contributed by atoms with Gasteiger partial charge in [-0.2, -0.15) is 0 Å². The van der Waals surface area contributed by atoms with Crippen molar-refractivity contribution in [3.63, 3.8) is 0 Å². The molecule has 0 aliphatic heterocycles. The molecule has 0 atom stereocenters. The van der Waals surface area contributed by atoms with Crippen LogP contribution in [0.1, 0.15) is 27.8 Å². The molecule has 0 aliphatic rings. The zero-order valence-corrected chi connectivity index (χ0v) is 47.2. The number of aromatic nitrogens is 8. The van der Waals surface area contributed by atoms with E-state index in [0.717, 1.165) is 28.2 Å². The zero-order chi connectivity index (χ0) is 59.3. The quantitative estimate of drug-likeness (QED) is 0.0225. The molecule has 426 valence electrons. The summed E-state index contributed by atoms with van der Waals surface area (Å²) in [5.41, 5.74) is 32.1. The molecule has 0 saturated heterocycles. The van der Waals surface area contributed by atoms with E-state index < -0.39 is 0 Å². The molecule has 27 heteroatoms. The highest BCUT2D eigenvalue weighted by Gasteiger charge is 2.12. The predicted molar refractivity (Wildman–Crippen MR) is 330 cm³/mol. The maximum absolute atomic E-state index is 12.8. The van der Waals surface area contributed by atoms with Gasteiger partial charge in [-0.05, 0) is 103 Å². The third-order valence-electron chi connectivity index (χ3n) is 11.0. The van der Waals surface area contributed by atoms with E-state index >= 15 is 0 Å². The first-order chi connectivity index (χ1) is 40.3. The molecule has 0 radical (unpaired) electrons. The second-order valence-electron chi connectivity index (χ2n) is 16.4. The van der Waals surface area contributed by atoms with Gasteiger partial charge in [0, 0.05) is 32.7 Å². The van der Waals surface area contributed by atoms with Gasteiger partial charge in [-0.1, -0.05) is 80.8 Å². The van der Waals surface area contributed by atoms with Crippen LogP contribution in [0.5, 0.6) is 0 Å². The van der Waals surface area contributed by atoms with E-state index in [1.54, 1.807) is 23.9 Å². The topological polar surface area (TPSA) is 342 Å². The highest BCUT2D eigenvalue weighted by atomic mass is 35.5. The molecule has 5 aromatic carbocycles. The van der Waals surface area contributed by atoms with Crippen LogP contribution in [0.15, 0.2) is 172 Å². The molecule has 24 nitrogen and oxygen atoms in total. The monoisotopic (exact) mass is 1160 g/mol. The van der Waals surface area contributed by atoms with E-state index in [2.05, 4.69) is 108 Å². The molecule has 4 aromatic heterocycles. The second-order valence-corrected chi connectivity index (χ2v) is 17.7. The Morgan fingerprint density at radius 1 is 0.458 bits per heavy atom. The van der Waals surface area contributed by atoms with Crippen molar-refractivity contribution in [3.05, 3.63) is 185 Å². The van der Waals surface area contributed by atoms with Crippen molar-refractivity contribution in [1.82, 2.24) is 39.9 Å². The zero-order valence-electron chi connectivity index (χ0n) is 45.6. The second kappa shape index (κ2) is 32.4. The minimum Gasteiger partial charge on any atom is -0.399 e. The van der Waals surface area contributed by atoms with Gasteiger partial charge < -0.3 is 63.6 Å². The molecular weight excluding hydrogens is 1100 g/mol. The smallest absolute Gasteiger partial charge is 0.144 e. The van der Waals surface area contributed by atoms with Gasteiger partial charge in [0.05, 0.1) is 47.1 Å². The van der Waals surface area contributed by atoms with Crippen LogP contribution in [0.3, 0.4) is 0 Å². The van der Waals surface area contributed by atoms with Crippen molar-refractivity contribution < 1.29 is 23.7 Å². The SMILES string of the molecule is CO/N=C/c1c(N)ncnc1Nc1cc(Cl)ccc1C.CO/N=C/c1c(N)ncnc1Nc1ccc(-c2ccccc2)cc1.CO/N=C/c1c(N)ncnc1Nc1ccc(F)cc1.CO/N=C/c1c(N)ncnc1Nc1ccc(SC)cc1. The normalized spacial score (nSPS) is 10.7. The number of thioether (sulfide) groups is 1. The summed E-state index contributed by atoms with van der Waals surface area (Å²) >= 11 is 7.68. The molecule has 83 heavy (non-hydrogen) atoms. The summed E-state index contributed by atoms with van der Waals surface area (Å²) in [6, 6.07) is 37.7. The fourth-order valence-corrected chi connectivity index (χ4v) is 7.40. The maximum Gasteiger partial charge on any atom is 0.144 e. The number of anilines is 12. The van der Waals surface area contributed by atoms with Crippen LogP contribution in [0.4, 0.5) is 73.7 Å². The van der Waals surface area contributed by atoms with Crippen LogP contribution in [-0.2, 0) is 19.4 Å². The van der Waals surface area contributed by atoms with Gasteiger partial charge in [0.2, 0.25) is 0 Å². The van der Waals surface area contributed by atoms with Gasteiger partial charge in [-0.3, -0.25) is 0 Å². The standard InChI is InChI=1S/C18H17N5O.C13H14ClN5O.C13H15N5OS.C12H12FN5O/c1-24-22-11-16-17(19)20-12-21-18(16)23-15-9-7-14(8-10-15)13-5-3-2-4-6-13;1-8-3-4-9(14)5-11(8)19-13-10(6-18-20-2)12(15)16-7-17-13;1-19-17-7-11-12(14)15-8-16-13(11)18-9-3-5-10(20-2)6-4-9;1-19-17-6-10-11(14)15-7-16-12(10)18-9-4-2-8(13)3-5-9/h2-12H,1H3,(H3,19,20,21,23);3-7H,1-2H3,(H3,15,16,17,19);3-8H,1-2H3,(H3,14,15,16,18);2-7H,1H3,(H3,14,15,16,18)/b22-11+;18-6+;17-7+;17-6+. The first kappa shape index (κ1) is 61.5. The fourth-order valence-electron chi connectivity index (χ4n) is 6.82. The van der Waals surface area contributed by atoms with E-state index in [-0.39, 0.29) is 11.6 Å². The molecule has 12 N–H and O–H groups in total. The molecule has 9 aromatic rings. The van der Waals surface area contributed by atoms with E-state index in [1.165, 1.54) is 101 Å². The number of oxime groups is 4. The number of nitrogens with two attached hydrogens (primary N) is 4. The Morgan fingerprint density at radius 3 is 1.18 bits per heavy atom. The van der Waals surface area contributed by atoms with Crippen LogP contribution >= 0.6 is 23.4 Å². The first-order valence-electron chi connectivity index (χ1n) is 24.4. The average Bonchev–Trinajstić information content (AvgIpc) is 3.63.